The maximum atomic E-state index is 12.4. The molecule has 22 heavy (non-hydrogen) atoms. The number of hydrogen-bond acceptors (Lipinski definition) is 5. The molecule has 0 saturated heterocycles. The van der Waals surface area contributed by atoms with Crippen LogP contribution in [-0.2, 0) is 6.18 Å². The molecule has 1 N–H and O–H groups in total. The second-order valence-electron chi connectivity index (χ2n) is 4.25. The van der Waals surface area contributed by atoms with E-state index in [1.165, 1.54) is 6.07 Å². The SMILES string of the molecule is O=C(Nc1nnc(C(F)(F)F)s1)c1ccc2ccccc2n1. The van der Waals surface area contributed by atoms with Crippen molar-refractivity contribution >= 4 is 33.3 Å². The number of hydrogen-bond donors (Lipinski definition) is 1. The summed E-state index contributed by atoms with van der Waals surface area (Å²) in [5, 5.41) is 8.06. The topological polar surface area (TPSA) is 67.8 Å². The second kappa shape index (κ2) is 5.34. The Morgan fingerprint density at radius 1 is 1.09 bits per heavy atom. The monoisotopic (exact) mass is 324 g/mol. The highest BCUT2D eigenvalue weighted by molar-refractivity contribution is 7.15. The fourth-order valence-electron chi connectivity index (χ4n) is 1.74. The van der Waals surface area contributed by atoms with Crippen LogP contribution in [0.25, 0.3) is 10.9 Å². The number of halogens is 3. The zero-order valence-corrected chi connectivity index (χ0v) is 11.6. The number of pyridine rings is 1. The van der Waals surface area contributed by atoms with Crippen LogP contribution in [0.3, 0.4) is 0 Å². The summed E-state index contributed by atoms with van der Waals surface area (Å²) in [5.41, 5.74) is 0.700. The number of para-hydroxylation sites is 1. The van der Waals surface area contributed by atoms with E-state index in [4.69, 9.17) is 0 Å². The second-order valence-corrected chi connectivity index (χ2v) is 5.23. The van der Waals surface area contributed by atoms with Crippen molar-refractivity contribution in [1.82, 2.24) is 15.2 Å². The molecule has 0 atom stereocenters. The van der Waals surface area contributed by atoms with Gasteiger partial charge < -0.3 is 0 Å². The first-order valence-electron chi connectivity index (χ1n) is 6.01. The molecule has 5 nitrogen and oxygen atoms in total. The Kier molecular flexibility index (Phi) is 3.49. The van der Waals surface area contributed by atoms with E-state index in [1.807, 2.05) is 12.1 Å². The molecule has 0 aliphatic rings. The third kappa shape index (κ3) is 2.89. The highest BCUT2D eigenvalue weighted by atomic mass is 32.1. The minimum Gasteiger partial charge on any atom is -0.295 e. The Bertz CT molecular complexity index is 846. The van der Waals surface area contributed by atoms with Crippen molar-refractivity contribution in [3.63, 3.8) is 0 Å². The van der Waals surface area contributed by atoms with Crippen LogP contribution in [0.15, 0.2) is 36.4 Å². The summed E-state index contributed by atoms with van der Waals surface area (Å²) in [5.74, 6) is -0.643. The minimum absolute atomic E-state index is 0.0856. The summed E-state index contributed by atoms with van der Waals surface area (Å²) >= 11 is 0.259. The molecule has 2 heterocycles. The van der Waals surface area contributed by atoms with Crippen LogP contribution in [0.4, 0.5) is 18.3 Å². The molecular weight excluding hydrogens is 317 g/mol. The predicted molar refractivity (Wildman–Crippen MR) is 74.6 cm³/mol. The van der Waals surface area contributed by atoms with Crippen LogP contribution < -0.4 is 5.32 Å². The molecule has 1 aromatic carbocycles. The van der Waals surface area contributed by atoms with Crippen molar-refractivity contribution in [2.45, 2.75) is 6.18 Å². The molecule has 1 amide bonds. The van der Waals surface area contributed by atoms with Crippen LogP contribution >= 0.6 is 11.3 Å². The molecule has 3 aromatic rings. The fourth-order valence-corrected chi connectivity index (χ4v) is 2.35. The molecule has 0 radical (unpaired) electrons. The van der Waals surface area contributed by atoms with E-state index in [2.05, 4.69) is 20.5 Å². The number of fused-ring (bicyclic) bond motifs is 1. The van der Waals surface area contributed by atoms with E-state index in [1.54, 1.807) is 18.2 Å². The van der Waals surface area contributed by atoms with E-state index < -0.39 is 17.1 Å². The number of benzene rings is 1. The molecule has 2 aromatic heterocycles. The summed E-state index contributed by atoms with van der Waals surface area (Å²) in [6, 6.07) is 10.4. The molecular formula is C13H7F3N4OS. The first kappa shape index (κ1) is 14.4. The molecule has 3 rings (SSSR count). The number of anilines is 1. The number of carbonyl (C=O) groups excluding carboxylic acids is 1. The average molecular weight is 324 g/mol. The summed E-state index contributed by atoms with van der Waals surface area (Å²) in [7, 11) is 0. The smallest absolute Gasteiger partial charge is 0.295 e. The summed E-state index contributed by atoms with van der Waals surface area (Å²) in [6.45, 7) is 0. The van der Waals surface area contributed by atoms with Gasteiger partial charge >= 0.3 is 6.18 Å². The standard InChI is InChI=1S/C13H7F3N4OS/c14-13(15,16)11-19-20-12(22-11)18-10(21)9-6-5-7-3-1-2-4-8(7)17-9/h1-6H,(H,18,20,21). The van der Waals surface area contributed by atoms with E-state index in [0.29, 0.717) is 5.52 Å². The highest BCUT2D eigenvalue weighted by Gasteiger charge is 2.35. The highest BCUT2D eigenvalue weighted by Crippen LogP contribution is 2.33. The van der Waals surface area contributed by atoms with Gasteiger partial charge in [-0.1, -0.05) is 35.6 Å². The van der Waals surface area contributed by atoms with Gasteiger partial charge in [0.25, 0.3) is 5.91 Å². The molecule has 0 fully saturated rings. The van der Waals surface area contributed by atoms with Crippen LogP contribution in [0, 0.1) is 0 Å². The van der Waals surface area contributed by atoms with Crippen molar-refractivity contribution in [3.05, 3.63) is 47.1 Å². The number of alkyl halides is 3. The lowest BCUT2D eigenvalue weighted by Gasteiger charge is -2.02. The Morgan fingerprint density at radius 2 is 1.86 bits per heavy atom. The van der Waals surface area contributed by atoms with Crippen LogP contribution in [0.1, 0.15) is 15.5 Å². The normalized spacial score (nSPS) is 11.6. The molecule has 0 unspecified atom stereocenters. The van der Waals surface area contributed by atoms with Gasteiger partial charge in [0.15, 0.2) is 0 Å². The number of carbonyl (C=O) groups is 1. The number of nitrogens with zero attached hydrogens (tertiary/aromatic N) is 3. The van der Waals surface area contributed by atoms with Crippen LogP contribution in [0.2, 0.25) is 0 Å². The van der Waals surface area contributed by atoms with Crippen LogP contribution in [0.5, 0.6) is 0 Å². The van der Waals surface area contributed by atoms with Crippen molar-refractivity contribution < 1.29 is 18.0 Å². The van der Waals surface area contributed by atoms with Gasteiger partial charge in [-0.2, -0.15) is 13.2 Å². The number of aromatic nitrogens is 3. The maximum Gasteiger partial charge on any atom is 0.445 e. The van der Waals surface area contributed by atoms with Gasteiger partial charge in [-0.05, 0) is 12.1 Å². The summed E-state index contributed by atoms with van der Waals surface area (Å²) in [4.78, 5) is 16.1. The average Bonchev–Trinajstić information content (AvgIpc) is 2.95. The molecule has 9 heteroatoms. The molecule has 0 spiro atoms. The zero-order chi connectivity index (χ0) is 15.7. The molecule has 0 aliphatic carbocycles. The quantitative estimate of drug-likeness (QED) is 0.785. The van der Waals surface area contributed by atoms with Gasteiger partial charge in [-0.25, -0.2) is 4.98 Å². The van der Waals surface area contributed by atoms with E-state index in [-0.39, 0.29) is 22.2 Å². The fraction of sp³-hybridized carbons (Fsp3) is 0.0769. The van der Waals surface area contributed by atoms with Gasteiger partial charge in [0.2, 0.25) is 10.1 Å². The van der Waals surface area contributed by atoms with Gasteiger partial charge in [0.1, 0.15) is 5.69 Å². The number of amides is 1. The summed E-state index contributed by atoms with van der Waals surface area (Å²) < 4.78 is 37.3. The lowest BCUT2D eigenvalue weighted by atomic mass is 10.2. The van der Waals surface area contributed by atoms with E-state index >= 15 is 0 Å². The van der Waals surface area contributed by atoms with Gasteiger partial charge in [-0.3, -0.25) is 10.1 Å². The Labute approximate surface area is 125 Å². The van der Waals surface area contributed by atoms with Crippen molar-refractivity contribution in [2.24, 2.45) is 0 Å². The lowest BCUT2D eigenvalue weighted by molar-refractivity contribution is -0.138. The summed E-state index contributed by atoms with van der Waals surface area (Å²) in [6.07, 6.45) is -4.58. The Balaban J connectivity index is 1.82. The van der Waals surface area contributed by atoms with Crippen LogP contribution in [-0.4, -0.2) is 21.1 Å². The minimum atomic E-state index is -4.58. The van der Waals surface area contributed by atoms with Crippen molar-refractivity contribution in [1.29, 1.82) is 0 Å². The molecule has 112 valence electrons. The van der Waals surface area contributed by atoms with Gasteiger partial charge in [-0.15, -0.1) is 10.2 Å². The third-order valence-electron chi connectivity index (χ3n) is 2.72. The molecule has 0 saturated carbocycles. The number of rotatable bonds is 2. The first-order valence-corrected chi connectivity index (χ1v) is 6.83. The number of nitrogens with one attached hydrogen (secondary N) is 1. The molecule has 0 bridgehead atoms. The van der Waals surface area contributed by atoms with E-state index in [9.17, 15) is 18.0 Å². The zero-order valence-electron chi connectivity index (χ0n) is 10.8. The Morgan fingerprint density at radius 3 is 2.59 bits per heavy atom. The Hall–Kier alpha value is -2.55. The van der Waals surface area contributed by atoms with Gasteiger partial charge in [0, 0.05) is 5.39 Å². The van der Waals surface area contributed by atoms with Crippen molar-refractivity contribution in [2.75, 3.05) is 5.32 Å². The largest absolute Gasteiger partial charge is 0.445 e. The predicted octanol–water partition coefficient (Wildman–Crippen LogP) is 3.36. The van der Waals surface area contributed by atoms with Gasteiger partial charge in [0.05, 0.1) is 5.52 Å². The van der Waals surface area contributed by atoms with E-state index in [0.717, 1.165) is 5.39 Å². The molecule has 0 aliphatic heterocycles. The third-order valence-corrected chi connectivity index (χ3v) is 3.60. The first-order chi connectivity index (χ1) is 10.4. The maximum absolute atomic E-state index is 12.4. The van der Waals surface area contributed by atoms with Crippen molar-refractivity contribution in [3.8, 4) is 0 Å². The lowest BCUT2D eigenvalue weighted by Crippen LogP contribution is -2.13.